The number of nitrogens with one attached hydrogen (secondary N) is 1. The van der Waals surface area contributed by atoms with Crippen LogP contribution in [0.3, 0.4) is 0 Å². The number of aliphatic carboxylic acids is 1. The Kier molecular flexibility index (Phi) is 1.62. The summed E-state index contributed by atoms with van der Waals surface area (Å²) in [5, 5.41) is 19.6. The molecule has 1 radical (unpaired) electrons. The number of aliphatic hydroxyl groups excluding tert-OH is 1. The Morgan fingerprint density at radius 1 is 1.60 bits per heavy atom. The lowest BCUT2D eigenvalue weighted by molar-refractivity contribution is -0.135. The Morgan fingerprint density at radius 2 is 2.30 bits per heavy atom. The molecule has 0 aliphatic carbocycles. The molecular weight excluding hydrogens is 134 g/mol. The van der Waals surface area contributed by atoms with Gasteiger partial charge in [0.15, 0.2) is 0 Å². The molecule has 0 aromatic heterocycles. The molecule has 4 nitrogen and oxygen atoms in total. The molecular formula is C6H6NO3. The van der Waals surface area contributed by atoms with E-state index >= 15 is 0 Å². The third kappa shape index (κ3) is 1.10. The van der Waals surface area contributed by atoms with E-state index < -0.39 is 5.97 Å². The zero-order valence-corrected chi connectivity index (χ0v) is 5.03. The number of carbonyl (C=O) groups is 1. The lowest BCUT2D eigenvalue weighted by Crippen LogP contribution is -2.27. The minimum Gasteiger partial charge on any atom is -0.509 e. The Balaban J connectivity index is 2.73. The first-order valence-electron chi connectivity index (χ1n) is 2.65. The van der Waals surface area contributed by atoms with Crippen molar-refractivity contribution in [2.45, 2.75) is 0 Å². The van der Waals surface area contributed by atoms with Crippen molar-refractivity contribution in [1.82, 2.24) is 5.32 Å². The monoisotopic (exact) mass is 140 g/mol. The number of hydrogen-bond acceptors (Lipinski definition) is 3. The first kappa shape index (κ1) is 6.67. The second kappa shape index (κ2) is 2.43. The summed E-state index contributed by atoms with van der Waals surface area (Å²) in [4.78, 5) is 10.2. The van der Waals surface area contributed by atoms with Crippen LogP contribution in [-0.2, 0) is 4.79 Å². The van der Waals surface area contributed by atoms with Crippen LogP contribution >= 0.6 is 0 Å². The van der Waals surface area contributed by atoms with Gasteiger partial charge in [0, 0.05) is 0 Å². The SMILES string of the molecule is O=C(O)[C]1NC=CC=C1O. The number of hydrogen-bond donors (Lipinski definition) is 3. The second-order valence-corrected chi connectivity index (χ2v) is 1.74. The predicted molar refractivity (Wildman–Crippen MR) is 33.9 cm³/mol. The summed E-state index contributed by atoms with van der Waals surface area (Å²) in [5.74, 6) is -1.42. The summed E-state index contributed by atoms with van der Waals surface area (Å²) in [6.07, 6.45) is 4.25. The van der Waals surface area contributed by atoms with E-state index in [-0.39, 0.29) is 11.8 Å². The molecule has 3 N–H and O–H groups in total. The van der Waals surface area contributed by atoms with Gasteiger partial charge in [-0.2, -0.15) is 0 Å². The van der Waals surface area contributed by atoms with Crippen LogP contribution in [0.5, 0.6) is 0 Å². The first-order chi connectivity index (χ1) is 4.72. The molecule has 0 unspecified atom stereocenters. The van der Waals surface area contributed by atoms with Gasteiger partial charge in [0.25, 0.3) is 0 Å². The van der Waals surface area contributed by atoms with Crippen LogP contribution in [0.1, 0.15) is 0 Å². The highest BCUT2D eigenvalue weighted by atomic mass is 16.4. The van der Waals surface area contributed by atoms with Crippen molar-refractivity contribution in [1.29, 1.82) is 0 Å². The number of aliphatic hydroxyl groups is 1. The number of carboxylic acids is 1. The van der Waals surface area contributed by atoms with E-state index in [1.54, 1.807) is 0 Å². The van der Waals surface area contributed by atoms with E-state index in [0.717, 1.165) is 0 Å². The standard InChI is InChI=1S/C6H6NO3/c8-4-2-1-3-7-5(4)6(9)10/h1-3,7-8H,(H,9,10). The third-order valence-corrected chi connectivity index (χ3v) is 1.05. The van der Waals surface area contributed by atoms with Crippen molar-refractivity contribution in [3.63, 3.8) is 0 Å². The van der Waals surface area contributed by atoms with Gasteiger partial charge in [0.2, 0.25) is 6.04 Å². The molecule has 1 rings (SSSR count). The Labute approximate surface area is 57.5 Å². The molecule has 1 heterocycles. The van der Waals surface area contributed by atoms with Gasteiger partial charge in [-0.3, -0.25) is 0 Å². The van der Waals surface area contributed by atoms with Crippen LogP contribution in [0, 0.1) is 6.04 Å². The van der Waals surface area contributed by atoms with Crippen molar-refractivity contribution in [2.24, 2.45) is 0 Å². The van der Waals surface area contributed by atoms with Crippen molar-refractivity contribution in [3.8, 4) is 0 Å². The van der Waals surface area contributed by atoms with Gasteiger partial charge in [-0.05, 0) is 18.4 Å². The van der Waals surface area contributed by atoms with E-state index in [9.17, 15) is 4.79 Å². The minimum atomic E-state index is -1.17. The van der Waals surface area contributed by atoms with Crippen LogP contribution in [0.15, 0.2) is 24.1 Å². The van der Waals surface area contributed by atoms with Crippen LogP contribution in [0.25, 0.3) is 0 Å². The molecule has 0 bridgehead atoms. The summed E-state index contributed by atoms with van der Waals surface area (Å²) in [5.41, 5.74) is 0. The molecule has 0 saturated carbocycles. The highest BCUT2D eigenvalue weighted by Gasteiger charge is 2.23. The molecule has 0 spiro atoms. The zero-order valence-electron chi connectivity index (χ0n) is 5.03. The van der Waals surface area contributed by atoms with Crippen LogP contribution < -0.4 is 5.32 Å². The van der Waals surface area contributed by atoms with Crippen molar-refractivity contribution >= 4 is 5.97 Å². The minimum absolute atomic E-state index is 0.192. The van der Waals surface area contributed by atoms with Gasteiger partial charge in [0.05, 0.1) is 0 Å². The van der Waals surface area contributed by atoms with Crippen LogP contribution in [0.2, 0.25) is 0 Å². The Morgan fingerprint density at radius 3 is 2.70 bits per heavy atom. The average Bonchev–Trinajstić information content (AvgIpc) is 1.88. The fourth-order valence-electron chi connectivity index (χ4n) is 0.599. The molecule has 0 aromatic carbocycles. The van der Waals surface area contributed by atoms with Gasteiger partial charge < -0.3 is 15.5 Å². The lowest BCUT2D eigenvalue weighted by atomic mass is 10.2. The van der Waals surface area contributed by atoms with E-state index in [2.05, 4.69) is 5.32 Å². The molecule has 53 valence electrons. The fourth-order valence-corrected chi connectivity index (χ4v) is 0.599. The predicted octanol–water partition coefficient (Wildman–Crippen LogP) is 0.162. The Hall–Kier alpha value is -1.45. The molecule has 0 saturated heterocycles. The van der Waals surface area contributed by atoms with Crippen LogP contribution in [0.4, 0.5) is 0 Å². The fraction of sp³-hybridized carbons (Fsp3) is 0. The van der Waals surface area contributed by atoms with Gasteiger partial charge in [-0.1, -0.05) is 0 Å². The van der Waals surface area contributed by atoms with E-state index in [1.165, 1.54) is 18.4 Å². The van der Waals surface area contributed by atoms with Crippen LogP contribution in [-0.4, -0.2) is 16.2 Å². The van der Waals surface area contributed by atoms with Gasteiger partial charge >= 0.3 is 5.97 Å². The van der Waals surface area contributed by atoms with E-state index in [4.69, 9.17) is 10.2 Å². The molecule has 1 aliphatic rings. The lowest BCUT2D eigenvalue weighted by Gasteiger charge is -2.12. The van der Waals surface area contributed by atoms with Gasteiger partial charge in [-0.25, -0.2) is 4.79 Å². The Bertz CT molecular complexity index is 207. The summed E-state index contributed by atoms with van der Waals surface area (Å²) < 4.78 is 0. The number of carboxylic acid groups (broad SMARTS) is 1. The largest absolute Gasteiger partial charge is 0.509 e. The topological polar surface area (TPSA) is 69.6 Å². The maximum Gasteiger partial charge on any atom is 0.341 e. The molecule has 0 fully saturated rings. The number of allylic oxidation sites excluding steroid dienone is 2. The maximum atomic E-state index is 10.2. The third-order valence-electron chi connectivity index (χ3n) is 1.05. The normalized spacial score (nSPS) is 17.8. The van der Waals surface area contributed by atoms with Crippen molar-refractivity contribution in [2.75, 3.05) is 0 Å². The molecule has 4 heteroatoms. The number of dihydropyridines is 1. The highest BCUT2D eigenvalue weighted by Crippen LogP contribution is 2.10. The summed E-state index contributed by atoms with van der Waals surface area (Å²) in [6, 6.07) is -0.192. The molecule has 10 heavy (non-hydrogen) atoms. The first-order valence-corrected chi connectivity index (χ1v) is 2.65. The molecule has 1 aliphatic heterocycles. The maximum absolute atomic E-state index is 10.2. The quantitative estimate of drug-likeness (QED) is 0.485. The van der Waals surface area contributed by atoms with E-state index in [0.29, 0.717) is 0 Å². The second-order valence-electron chi connectivity index (χ2n) is 1.74. The summed E-state index contributed by atoms with van der Waals surface area (Å²) >= 11 is 0. The molecule has 0 atom stereocenters. The molecule has 0 aromatic rings. The number of rotatable bonds is 1. The van der Waals surface area contributed by atoms with Gasteiger partial charge in [-0.15, -0.1) is 0 Å². The van der Waals surface area contributed by atoms with Crippen molar-refractivity contribution in [3.05, 3.63) is 30.2 Å². The smallest absolute Gasteiger partial charge is 0.341 e. The summed E-state index contributed by atoms with van der Waals surface area (Å²) in [6.45, 7) is 0. The zero-order chi connectivity index (χ0) is 7.56. The average molecular weight is 140 g/mol. The highest BCUT2D eigenvalue weighted by molar-refractivity contribution is 5.86. The van der Waals surface area contributed by atoms with Gasteiger partial charge in [0.1, 0.15) is 5.76 Å². The van der Waals surface area contributed by atoms with Crippen molar-refractivity contribution < 1.29 is 15.0 Å². The molecule has 0 amide bonds. The summed E-state index contributed by atoms with van der Waals surface area (Å²) in [7, 11) is 0. The van der Waals surface area contributed by atoms with E-state index in [1.807, 2.05) is 0 Å².